The molecule has 1 heterocycles. The van der Waals surface area contributed by atoms with Gasteiger partial charge in [-0.05, 0) is 6.42 Å². The lowest BCUT2D eigenvalue weighted by Gasteiger charge is -2.26. The van der Waals surface area contributed by atoms with Crippen molar-refractivity contribution in [1.29, 1.82) is 0 Å². The monoisotopic (exact) mass is 175 g/mol. The van der Waals surface area contributed by atoms with E-state index in [1.54, 1.807) is 11.8 Å². The molecule has 1 rings (SSSR count). The van der Waals surface area contributed by atoms with Crippen molar-refractivity contribution in [3.05, 3.63) is 0 Å². The van der Waals surface area contributed by atoms with Gasteiger partial charge in [-0.25, -0.2) is 0 Å². The molecule has 0 amide bonds. The molecule has 0 bridgehead atoms. The minimum Gasteiger partial charge on any atom is -0.381 e. The zero-order valence-electron chi connectivity index (χ0n) is 7.05. The molecule has 0 aliphatic carbocycles. The Bertz CT molecular complexity index is 99.5. The fourth-order valence-corrected chi connectivity index (χ4v) is 2.20. The molecule has 2 atom stereocenters. The number of hydrogen-bond donors (Lipinski definition) is 2. The molecule has 11 heavy (non-hydrogen) atoms. The number of thioether (sulfide) groups is 1. The Morgan fingerprint density at radius 1 is 1.64 bits per heavy atom. The molecule has 1 saturated heterocycles. The average molecular weight is 175 g/mol. The van der Waals surface area contributed by atoms with Crippen molar-refractivity contribution in [2.75, 3.05) is 12.3 Å². The molecule has 1 aliphatic heterocycles. The maximum absolute atomic E-state index is 9.15. The van der Waals surface area contributed by atoms with Crippen LogP contribution in [0.4, 0.5) is 0 Å². The zero-order valence-corrected chi connectivity index (χ0v) is 7.86. The molecular formula is C8H17NOS. The summed E-state index contributed by atoms with van der Waals surface area (Å²) in [6.07, 6.45) is 3.83. The predicted octanol–water partition coefficient (Wildman–Crippen LogP) is 1.20. The molecule has 0 aromatic carbocycles. The predicted molar refractivity (Wildman–Crippen MR) is 49.8 cm³/mol. The highest BCUT2D eigenvalue weighted by Crippen LogP contribution is 2.17. The Balaban J connectivity index is 2.07. The highest BCUT2D eigenvalue weighted by atomic mass is 32.2. The SMILES string of the molecule is CCCCC1CSC(O)CN1. The number of aliphatic hydroxyl groups is 1. The Hall–Kier alpha value is 0.270. The van der Waals surface area contributed by atoms with E-state index in [-0.39, 0.29) is 5.44 Å². The van der Waals surface area contributed by atoms with Gasteiger partial charge in [-0.15, -0.1) is 11.8 Å². The van der Waals surface area contributed by atoms with E-state index in [4.69, 9.17) is 5.11 Å². The first-order valence-electron chi connectivity index (χ1n) is 4.36. The van der Waals surface area contributed by atoms with Gasteiger partial charge in [-0.2, -0.15) is 0 Å². The van der Waals surface area contributed by atoms with Gasteiger partial charge in [0.15, 0.2) is 0 Å². The molecule has 0 aromatic rings. The quantitative estimate of drug-likeness (QED) is 0.676. The van der Waals surface area contributed by atoms with Gasteiger partial charge in [0, 0.05) is 18.3 Å². The van der Waals surface area contributed by atoms with Crippen LogP contribution in [0, 0.1) is 0 Å². The van der Waals surface area contributed by atoms with Crippen LogP contribution in [0.1, 0.15) is 26.2 Å². The van der Waals surface area contributed by atoms with Crippen molar-refractivity contribution in [1.82, 2.24) is 5.32 Å². The van der Waals surface area contributed by atoms with Gasteiger partial charge in [-0.3, -0.25) is 0 Å². The molecule has 3 heteroatoms. The third-order valence-corrected chi connectivity index (χ3v) is 3.12. The van der Waals surface area contributed by atoms with Crippen molar-refractivity contribution < 1.29 is 5.11 Å². The normalized spacial score (nSPS) is 32.2. The standard InChI is InChI=1S/C8H17NOS/c1-2-3-4-7-6-11-8(10)5-9-7/h7-10H,2-6H2,1H3. The summed E-state index contributed by atoms with van der Waals surface area (Å²) in [6, 6.07) is 0.642. The molecule has 0 radical (unpaired) electrons. The van der Waals surface area contributed by atoms with Crippen LogP contribution in [0.2, 0.25) is 0 Å². The lowest BCUT2D eigenvalue weighted by molar-refractivity contribution is 0.243. The van der Waals surface area contributed by atoms with Crippen molar-refractivity contribution in [3.63, 3.8) is 0 Å². The molecule has 2 N–H and O–H groups in total. The third kappa shape index (κ3) is 3.45. The summed E-state index contributed by atoms with van der Waals surface area (Å²) < 4.78 is 0. The second kappa shape index (κ2) is 5.01. The first-order chi connectivity index (χ1) is 5.33. The summed E-state index contributed by atoms with van der Waals surface area (Å²) in [7, 11) is 0. The van der Waals surface area contributed by atoms with Gasteiger partial charge >= 0.3 is 0 Å². The van der Waals surface area contributed by atoms with Crippen LogP contribution in [0.5, 0.6) is 0 Å². The van der Waals surface area contributed by atoms with E-state index in [2.05, 4.69) is 12.2 Å². The van der Waals surface area contributed by atoms with Crippen LogP contribution in [0.15, 0.2) is 0 Å². The van der Waals surface area contributed by atoms with Crippen LogP contribution >= 0.6 is 11.8 Å². The number of β-amino-alcohol motifs (C(OH)–C–C–N with tert-alkyl or cyclic N) is 1. The zero-order chi connectivity index (χ0) is 8.10. The first kappa shape index (κ1) is 9.36. The fourth-order valence-electron chi connectivity index (χ4n) is 1.25. The van der Waals surface area contributed by atoms with Gasteiger partial charge in [0.1, 0.15) is 5.44 Å². The Labute approximate surface area is 72.8 Å². The minimum absolute atomic E-state index is 0.173. The summed E-state index contributed by atoms with van der Waals surface area (Å²) in [4.78, 5) is 0. The number of rotatable bonds is 3. The molecule has 1 aliphatic rings. The molecule has 1 fully saturated rings. The molecule has 2 nitrogen and oxygen atoms in total. The largest absolute Gasteiger partial charge is 0.381 e. The second-order valence-corrected chi connectivity index (χ2v) is 4.25. The van der Waals surface area contributed by atoms with Crippen molar-refractivity contribution in [2.45, 2.75) is 37.7 Å². The van der Waals surface area contributed by atoms with Crippen LogP contribution in [0.3, 0.4) is 0 Å². The second-order valence-electron chi connectivity index (χ2n) is 3.04. The summed E-state index contributed by atoms with van der Waals surface area (Å²) >= 11 is 1.67. The molecular weight excluding hydrogens is 158 g/mol. The van der Waals surface area contributed by atoms with E-state index in [0.29, 0.717) is 6.04 Å². The molecule has 66 valence electrons. The van der Waals surface area contributed by atoms with E-state index < -0.39 is 0 Å². The van der Waals surface area contributed by atoms with Gasteiger partial charge < -0.3 is 10.4 Å². The molecule has 0 aromatic heterocycles. The van der Waals surface area contributed by atoms with E-state index in [0.717, 1.165) is 12.3 Å². The number of nitrogens with one attached hydrogen (secondary N) is 1. The highest BCUT2D eigenvalue weighted by Gasteiger charge is 2.17. The first-order valence-corrected chi connectivity index (χ1v) is 5.41. The van der Waals surface area contributed by atoms with Crippen molar-refractivity contribution in [2.24, 2.45) is 0 Å². The van der Waals surface area contributed by atoms with E-state index in [9.17, 15) is 0 Å². The number of aliphatic hydroxyl groups excluding tert-OH is 1. The van der Waals surface area contributed by atoms with E-state index >= 15 is 0 Å². The Morgan fingerprint density at radius 3 is 3.00 bits per heavy atom. The summed E-state index contributed by atoms with van der Waals surface area (Å²) in [5.74, 6) is 1.07. The summed E-state index contributed by atoms with van der Waals surface area (Å²) in [5, 5.41) is 12.5. The topological polar surface area (TPSA) is 32.3 Å². The van der Waals surface area contributed by atoms with E-state index in [1.165, 1.54) is 19.3 Å². The van der Waals surface area contributed by atoms with Gasteiger partial charge in [-0.1, -0.05) is 19.8 Å². The van der Waals surface area contributed by atoms with Crippen LogP contribution in [0.25, 0.3) is 0 Å². The van der Waals surface area contributed by atoms with Crippen molar-refractivity contribution >= 4 is 11.8 Å². The van der Waals surface area contributed by atoms with Crippen LogP contribution in [-0.2, 0) is 0 Å². The Kier molecular flexibility index (Phi) is 4.26. The number of unbranched alkanes of at least 4 members (excludes halogenated alkanes) is 1. The molecule has 0 saturated carbocycles. The third-order valence-electron chi connectivity index (χ3n) is 1.98. The van der Waals surface area contributed by atoms with Gasteiger partial charge in [0.2, 0.25) is 0 Å². The minimum atomic E-state index is -0.173. The summed E-state index contributed by atoms with van der Waals surface area (Å²) in [6.45, 7) is 2.98. The lowest BCUT2D eigenvalue weighted by atomic mass is 10.1. The van der Waals surface area contributed by atoms with Crippen LogP contribution in [-0.4, -0.2) is 28.9 Å². The Morgan fingerprint density at radius 2 is 2.45 bits per heavy atom. The molecule has 2 unspecified atom stereocenters. The van der Waals surface area contributed by atoms with E-state index in [1.807, 2.05) is 0 Å². The van der Waals surface area contributed by atoms with Crippen molar-refractivity contribution in [3.8, 4) is 0 Å². The van der Waals surface area contributed by atoms with Gasteiger partial charge in [0.05, 0.1) is 0 Å². The fraction of sp³-hybridized carbons (Fsp3) is 1.00. The summed E-state index contributed by atoms with van der Waals surface area (Å²) in [5.41, 5.74) is -0.173. The van der Waals surface area contributed by atoms with Gasteiger partial charge in [0.25, 0.3) is 0 Å². The smallest absolute Gasteiger partial charge is 0.112 e. The average Bonchev–Trinajstić information content (AvgIpc) is 2.04. The number of hydrogen-bond acceptors (Lipinski definition) is 3. The van der Waals surface area contributed by atoms with Crippen LogP contribution < -0.4 is 5.32 Å². The maximum Gasteiger partial charge on any atom is 0.112 e. The lowest BCUT2D eigenvalue weighted by Crippen LogP contribution is -2.41. The highest BCUT2D eigenvalue weighted by molar-refractivity contribution is 7.99. The molecule has 0 spiro atoms. The maximum atomic E-state index is 9.15.